The molecular weight excluding hydrogens is 553 g/mol. The van der Waals surface area contributed by atoms with Gasteiger partial charge >= 0.3 is 0 Å². The highest BCUT2D eigenvalue weighted by Gasteiger charge is 2.71. The summed E-state index contributed by atoms with van der Waals surface area (Å²) in [6.07, 6.45) is 4.07. The van der Waals surface area contributed by atoms with Crippen LogP contribution in [0.4, 0.5) is 20.9 Å². The van der Waals surface area contributed by atoms with Crippen molar-refractivity contribution in [3.63, 3.8) is 0 Å². The lowest BCUT2D eigenvalue weighted by Crippen LogP contribution is -2.67. The van der Waals surface area contributed by atoms with Gasteiger partial charge in [0, 0.05) is 68.5 Å². The van der Waals surface area contributed by atoms with Crippen molar-refractivity contribution in [1.29, 1.82) is 5.26 Å². The number of pyridine rings is 1. The molecule has 2 aromatic heterocycles. The number of halogens is 1. The van der Waals surface area contributed by atoms with E-state index in [9.17, 15) is 19.6 Å². The first-order valence-corrected chi connectivity index (χ1v) is 15.8. The predicted octanol–water partition coefficient (Wildman–Crippen LogP) is 3.29. The van der Waals surface area contributed by atoms with Gasteiger partial charge in [-0.05, 0) is 62.3 Å². The second-order valence-electron chi connectivity index (χ2n) is 13.0. The number of hydrogen-bond acceptors (Lipinski definition) is 9. The van der Waals surface area contributed by atoms with Gasteiger partial charge in [-0.3, -0.25) is 14.7 Å². The third-order valence-electron chi connectivity index (χ3n) is 10.1. The molecule has 1 N–H and O–H groups in total. The normalized spacial score (nSPS) is 26.8. The number of carbonyl (C=O) groups is 1. The summed E-state index contributed by atoms with van der Waals surface area (Å²) in [6.45, 7) is 4.55. The zero-order chi connectivity index (χ0) is 28.8. The maximum Gasteiger partial charge on any atom is 0.236 e. The summed E-state index contributed by atoms with van der Waals surface area (Å²) in [5, 5.41) is 21.3. The fourth-order valence-corrected chi connectivity index (χ4v) is 8.77. The smallest absolute Gasteiger partial charge is 0.236 e. The molecule has 3 aromatic rings. The summed E-state index contributed by atoms with van der Waals surface area (Å²) in [4.78, 5) is 31.6. The van der Waals surface area contributed by atoms with E-state index in [1.54, 1.807) is 4.90 Å². The van der Waals surface area contributed by atoms with E-state index < -0.39 is 5.67 Å². The lowest BCUT2D eigenvalue weighted by Gasteiger charge is -2.65. The minimum absolute atomic E-state index is 0.0928. The number of aromatic nitrogens is 2. The minimum atomic E-state index is -1.04. The molecule has 2 saturated heterocycles. The van der Waals surface area contributed by atoms with Crippen molar-refractivity contribution in [1.82, 2.24) is 19.8 Å². The molecule has 0 unspecified atom stereocenters. The van der Waals surface area contributed by atoms with E-state index in [4.69, 9.17) is 9.97 Å². The first kappa shape index (κ1) is 26.3. The monoisotopic (exact) mass is 587 g/mol. The van der Waals surface area contributed by atoms with Crippen LogP contribution in [0, 0.1) is 11.3 Å². The topological polar surface area (TPSA) is 99.8 Å². The number of amides is 1. The lowest BCUT2D eigenvalue weighted by atomic mass is 9.41. The van der Waals surface area contributed by atoms with Crippen LogP contribution in [0.15, 0.2) is 18.2 Å². The van der Waals surface area contributed by atoms with Gasteiger partial charge in [-0.1, -0.05) is 11.3 Å². The van der Waals surface area contributed by atoms with Crippen LogP contribution < -0.4 is 9.80 Å². The Balaban J connectivity index is 1.07. The number of carbonyl (C=O) groups excluding carboxylic acids is 1. The Labute approximate surface area is 248 Å². The van der Waals surface area contributed by atoms with E-state index in [0.29, 0.717) is 43.8 Å². The molecule has 4 aliphatic carbocycles. The molecule has 0 radical (unpaired) electrons. The molecular formula is C31H34FN7O2S. The van der Waals surface area contributed by atoms with Gasteiger partial charge in [0.15, 0.2) is 5.13 Å². The van der Waals surface area contributed by atoms with Crippen LogP contribution in [0.2, 0.25) is 0 Å². The Kier molecular flexibility index (Phi) is 5.85. The van der Waals surface area contributed by atoms with Crippen molar-refractivity contribution in [2.75, 3.05) is 62.7 Å². The standard InChI is InChI=1S/C31H34FN7O2S/c1-36(29-35-28(25(12-33)42-29)30-16-31(32,17-30)18-30)27-21-3-2-4-23(21)34-24-6-5-19(11-22(24)27)38-9-7-37(8-10-38)15-26(41)39-13-20(40)14-39/h5-6,11,20,40H,2-4,7-10,13-18H2,1H3. The Morgan fingerprint density at radius 1 is 1.19 bits per heavy atom. The molecule has 6 aliphatic rings. The molecule has 0 spiro atoms. The number of piperazine rings is 1. The Morgan fingerprint density at radius 3 is 2.64 bits per heavy atom. The van der Waals surface area contributed by atoms with Gasteiger partial charge in [-0.2, -0.15) is 5.26 Å². The zero-order valence-electron chi connectivity index (χ0n) is 23.8. The summed E-state index contributed by atoms with van der Waals surface area (Å²) in [5.74, 6) is 0.0928. The van der Waals surface area contributed by atoms with Crippen molar-refractivity contribution in [2.24, 2.45) is 0 Å². The van der Waals surface area contributed by atoms with Crippen LogP contribution in [0.3, 0.4) is 0 Å². The van der Waals surface area contributed by atoms with Gasteiger partial charge < -0.3 is 19.8 Å². The number of rotatable bonds is 6. The number of hydrogen-bond donors (Lipinski definition) is 1. The van der Waals surface area contributed by atoms with Crippen LogP contribution >= 0.6 is 11.3 Å². The SMILES string of the molecule is CN(c1nc(C23CC(F)(C2)C3)c(C#N)s1)c1c2c(nc3ccc(N4CCN(CC(=O)N5CC(O)C5)CC4)cc13)CCC2. The van der Waals surface area contributed by atoms with Crippen molar-refractivity contribution >= 4 is 44.7 Å². The van der Waals surface area contributed by atoms with Gasteiger partial charge in [-0.15, -0.1) is 0 Å². The van der Waals surface area contributed by atoms with Crippen molar-refractivity contribution < 1.29 is 14.3 Å². The molecule has 42 heavy (non-hydrogen) atoms. The van der Waals surface area contributed by atoms with E-state index in [2.05, 4.69) is 39.0 Å². The molecule has 4 heterocycles. The fourth-order valence-electron chi connectivity index (χ4n) is 7.82. The van der Waals surface area contributed by atoms with Crippen molar-refractivity contribution in [2.45, 2.75) is 55.7 Å². The Hall–Kier alpha value is -3.33. The van der Waals surface area contributed by atoms with Crippen LogP contribution in [0.5, 0.6) is 0 Å². The first-order chi connectivity index (χ1) is 20.2. The largest absolute Gasteiger partial charge is 0.389 e. The average molecular weight is 588 g/mol. The van der Waals surface area contributed by atoms with Gasteiger partial charge in [0.05, 0.1) is 29.5 Å². The third-order valence-corrected chi connectivity index (χ3v) is 11.1. The van der Waals surface area contributed by atoms with Gasteiger partial charge in [0.2, 0.25) is 5.91 Å². The minimum Gasteiger partial charge on any atom is -0.389 e. The summed E-state index contributed by atoms with van der Waals surface area (Å²) < 4.78 is 14.4. The second-order valence-corrected chi connectivity index (χ2v) is 13.9. The van der Waals surface area contributed by atoms with Gasteiger partial charge in [-0.25, -0.2) is 9.37 Å². The molecule has 5 fully saturated rings. The number of aliphatic hydroxyl groups is 1. The quantitative estimate of drug-likeness (QED) is 0.469. The number of aliphatic hydroxyl groups excluding tert-OH is 1. The molecule has 2 bridgehead atoms. The van der Waals surface area contributed by atoms with Gasteiger partial charge in [0.25, 0.3) is 0 Å². The van der Waals surface area contributed by atoms with Crippen molar-refractivity contribution in [3.05, 3.63) is 40.0 Å². The number of alkyl halides is 1. The summed E-state index contributed by atoms with van der Waals surface area (Å²) in [5.41, 5.74) is 5.08. The zero-order valence-corrected chi connectivity index (χ0v) is 24.6. The number of nitriles is 1. The Bertz CT molecular complexity index is 1630. The van der Waals surface area contributed by atoms with E-state index in [-0.39, 0.29) is 17.4 Å². The molecule has 2 aliphatic heterocycles. The van der Waals surface area contributed by atoms with Gasteiger partial charge in [0.1, 0.15) is 16.6 Å². The summed E-state index contributed by atoms with van der Waals surface area (Å²) in [7, 11) is 2.04. The van der Waals surface area contributed by atoms with E-state index in [1.807, 2.05) is 7.05 Å². The molecule has 0 atom stereocenters. The number of anilines is 3. The van der Waals surface area contributed by atoms with E-state index in [1.165, 1.54) is 16.9 Å². The molecule has 1 aromatic carbocycles. The molecule has 3 saturated carbocycles. The maximum absolute atomic E-state index is 14.4. The van der Waals surface area contributed by atoms with Crippen molar-refractivity contribution in [3.8, 4) is 6.07 Å². The maximum atomic E-state index is 14.4. The third kappa shape index (κ3) is 4.02. The number of benzene rings is 1. The number of thiazole rings is 1. The van der Waals surface area contributed by atoms with Crippen LogP contribution in [0.25, 0.3) is 10.9 Å². The molecule has 11 heteroatoms. The predicted molar refractivity (Wildman–Crippen MR) is 159 cm³/mol. The Morgan fingerprint density at radius 2 is 1.95 bits per heavy atom. The van der Waals surface area contributed by atoms with Crippen LogP contribution in [0.1, 0.15) is 47.5 Å². The number of likely N-dealkylation sites (tertiary alicyclic amines) is 1. The van der Waals surface area contributed by atoms with Crippen LogP contribution in [-0.2, 0) is 23.1 Å². The summed E-state index contributed by atoms with van der Waals surface area (Å²) >= 11 is 1.41. The van der Waals surface area contributed by atoms with E-state index >= 15 is 0 Å². The molecule has 9 nitrogen and oxygen atoms in total. The average Bonchev–Trinajstić information content (AvgIpc) is 3.59. The summed E-state index contributed by atoms with van der Waals surface area (Å²) in [6, 6.07) is 8.85. The second kappa shape index (κ2) is 9.33. The lowest BCUT2D eigenvalue weighted by molar-refractivity contribution is -0.159. The number of aryl methyl sites for hydroxylation is 1. The molecule has 1 amide bonds. The fraction of sp³-hybridized carbons (Fsp3) is 0.548. The number of fused-ring (bicyclic) bond motifs is 2. The first-order valence-electron chi connectivity index (χ1n) is 15.0. The molecule has 9 rings (SSSR count). The number of β-amino-alcohol motifs (C(OH)–C–C–N with tert-alkyl or cyclic N) is 1. The highest BCUT2D eigenvalue weighted by atomic mass is 32.1. The highest BCUT2D eigenvalue weighted by molar-refractivity contribution is 7.16. The molecule has 218 valence electrons. The highest BCUT2D eigenvalue weighted by Crippen LogP contribution is 2.70. The van der Waals surface area contributed by atoms with E-state index in [0.717, 1.165) is 84.2 Å². The van der Waals surface area contributed by atoms with Crippen LogP contribution in [-0.4, -0.2) is 95.4 Å². The number of nitrogens with zero attached hydrogens (tertiary/aromatic N) is 7.